The number of nitrogens with zero attached hydrogens (tertiary/aromatic N) is 2. The van der Waals surface area contributed by atoms with Gasteiger partial charge in [-0.15, -0.1) is 0 Å². The number of carbonyl (C=O) groups is 1. The van der Waals surface area contributed by atoms with Crippen LogP contribution in [0.5, 0.6) is 0 Å². The third-order valence-corrected chi connectivity index (χ3v) is 2.53. The first kappa shape index (κ1) is 15.7. The largest absolute Gasteiger partial charge is 0.444 e. The Morgan fingerprint density at radius 1 is 1.42 bits per heavy atom. The summed E-state index contributed by atoms with van der Waals surface area (Å²) in [5.74, 6) is 1.39. The van der Waals surface area contributed by atoms with Gasteiger partial charge in [0, 0.05) is 19.3 Å². The molecule has 0 bridgehead atoms. The van der Waals surface area contributed by atoms with E-state index in [0.29, 0.717) is 24.7 Å². The summed E-state index contributed by atoms with van der Waals surface area (Å²) >= 11 is 3.35. The summed E-state index contributed by atoms with van der Waals surface area (Å²) in [7, 11) is 0. The molecule has 7 heteroatoms. The van der Waals surface area contributed by atoms with Crippen molar-refractivity contribution in [2.75, 3.05) is 18.4 Å². The third kappa shape index (κ3) is 6.37. The highest BCUT2D eigenvalue weighted by molar-refractivity contribution is 9.10. The summed E-state index contributed by atoms with van der Waals surface area (Å²) in [6, 6.07) is 0. The average Bonchev–Trinajstić information content (AvgIpc) is 2.26. The van der Waals surface area contributed by atoms with Crippen molar-refractivity contribution in [2.24, 2.45) is 0 Å². The Morgan fingerprint density at radius 3 is 2.74 bits per heavy atom. The van der Waals surface area contributed by atoms with Gasteiger partial charge in [0.15, 0.2) is 0 Å². The number of aryl methyl sites for hydroxylation is 1. The molecule has 0 fully saturated rings. The van der Waals surface area contributed by atoms with E-state index in [-0.39, 0.29) is 0 Å². The number of amides is 1. The molecule has 0 saturated heterocycles. The van der Waals surface area contributed by atoms with Crippen molar-refractivity contribution in [1.29, 1.82) is 0 Å². The van der Waals surface area contributed by atoms with Crippen molar-refractivity contribution < 1.29 is 9.53 Å². The highest BCUT2D eigenvalue weighted by Crippen LogP contribution is 2.17. The van der Waals surface area contributed by atoms with E-state index >= 15 is 0 Å². The van der Waals surface area contributed by atoms with E-state index in [1.54, 1.807) is 6.20 Å². The Balaban J connectivity index is 2.31. The Bertz CT molecular complexity index is 446. The molecule has 0 aliphatic rings. The third-order valence-electron chi connectivity index (χ3n) is 1.95. The lowest BCUT2D eigenvalue weighted by Gasteiger charge is -2.19. The maximum absolute atomic E-state index is 11.4. The SMILES string of the molecule is Cc1ncc(Br)c(NCCNC(=O)OC(C)(C)C)n1. The van der Waals surface area contributed by atoms with Gasteiger partial charge in [-0.05, 0) is 43.6 Å². The van der Waals surface area contributed by atoms with Gasteiger partial charge in [-0.3, -0.25) is 0 Å². The van der Waals surface area contributed by atoms with Crippen LogP contribution in [-0.2, 0) is 4.74 Å². The summed E-state index contributed by atoms with van der Waals surface area (Å²) in [4.78, 5) is 19.7. The molecule has 1 heterocycles. The van der Waals surface area contributed by atoms with Crippen LogP contribution in [-0.4, -0.2) is 34.8 Å². The van der Waals surface area contributed by atoms with Crippen molar-refractivity contribution in [2.45, 2.75) is 33.3 Å². The number of halogens is 1. The van der Waals surface area contributed by atoms with Gasteiger partial charge in [-0.25, -0.2) is 14.8 Å². The lowest BCUT2D eigenvalue weighted by atomic mass is 10.2. The molecule has 0 unspecified atom stereocenters. The molecular weight excluding hydrogens is 312 g/mol. The number of carbonyl (C=O) groups excluding carboxylic acids is 1. The van der Waals surface area contributed by atoms with E-state index in [4.69, 9.17) is 4.74 Å². The minimum Gasteiger partial charge on any atom is -0.444 e. The molecule has 0 aliphatic carbocycles. The number of aromatic nitrogens is 2. The van der Waals surface area contributed by atoms with Crippen LogP contribution in [0.25, 0.3) is 0 Å². The zero-order chi connectivity index (χ0) is 14.5. The van der Waals surface area contributed by atoms with Crippen LogP contribution in [0, 0.1) is 6.92 Å². The van der Waals surface area contributed by atoms with E-state index in [1.165, 1.54) is 0 Å². The second-order valence-corrected chi connectivity index (χ2v) is 5.82. The molecule has 1 amide bonds. The van der Waals surface area contributed by atoms with E-state index in [1.807, 2.05) is 27.7 Å². The second kappa shape index (κ2) is 6.70. The van der Waals surface area contributed by atoms with Crippen LogP contribution in [0.3, 0.4) is 0 Å². The molecule has 0 radical (unpaired) electrons. The first-order chi connectivity index (χ1) is 8.78. The first-order valence-corrected chi connectivity index (χ1v) is 6.77. The van der Waals surface area contributed by atoms with E-state index in [0.717, 1.165) is 4.47 Å². The molecular formula is C12H19BrN4O2. The number of alkyl carbamates (subject to hydrolysis) is 1. The number of hydrogen-bond acceptors (Lipinski definition) is 5. The Labute approximate surface area is 121 Å². The molecule has 106 valence electrons. The van der Waals surface area contributed by atoms with Crippen molar-refractivity contribution in [3.05, 3.63) is 16.5 Å². The molecule has 0 atom stereocenters. The normalized spacial score (nSPS) is 11.0. The van der Waals surface area contributed by atoms with Gasteiger partial charge in [0.2, 0.25) is 0 Å². The number of hydrogen-bond donors (Lipinski definition) is 2. The van der Waals surface area contributed by atoms with Crippen molar-refractivity contribution in [1.82, 2.24) is 15.3 Å². The molecule has 0 aliphatic heterocycles. The van der Waals surface area contributed by atoms with Crippen LogP contribution in [0.4, 0.5) is 10.6 Å². The average molecular weight is 331 g/mol. The summed E-state index contributed by atoms with van der Waals surface area (Å²) in [6.07, 6.45) is 1.26. The van der Waals surface area contributed by atoms with Gasteiger partial charge >= 0.3 is 6.09 Å². The van der Waals surface area contributed by atoms with Crippen molar-refractivity contribution in [3.8, 4) is 0 Å². The van der Waals surface area contributed by atoms with Gasteiger partial charge in [-0.2, -0.15) is 0 Å². The number of nitrogens with one attached hydrogen (secondary N) is 2. The summed E-state index contributed by atoms with van der Waals surface area (Å²) in [6.45, 7) is 8.29. The van der Waals surface area contributed by atoms with Crippen LogP contribution < -0.4 is 10.6 Å². The van der Waals surface area contributed by atoms with Gasteiger partial charge in [0.1, 0.15) is 17.2 Å². The highest BCUT2D eigenvalue weighted by Gasteiger charge is 2.15. The fraction of sp³-hybridized carbons (Fsp3) is 0.583. The molecule has 6 nitrogen and oxygen atoms in total. The van der Waals surface area contributed by atoms with E-state index in [2.05, 4.69) is 36.5 Å². The van der Waals surface area contributed by atoms with Gasteiger partial charge in [0.05, 0.1) is 4.47 Å². The molecule has 19 heavy (non-hydrogen) atoms. The highest BCUT2D eigenvalue weighted by atomic mass is 79.9. The molecule has 2 N–H and O–H groups in total. The molecule has 1 rings (SSSR count). The Kier molecular flexibility index (Phi) is 5.53. The molecule has 1 aromatic heterocycles. The van der Waals surface area contributed by atoms with E-state index in [9.17, 15) is 4.79 Å². The standard InChI is InChI=1S/C12H19BrN4O2/c1-8-16-7-9(13)10(17-8)14-5-6-15-11(18)19-12(2,3)4/h7H,5-6H2,1-4H3,(H,15,18)(H,14,16,17). The van der Waals surface area contributed by atoms with Gasteiger partial charge < -0.3 is 15.4 Å². The lowest BCUT2D eigenvalue weighted by Crippen LogP contribution is -2.35. The fourth-order valence-corrected chi connectivity index (χ4v) is 1.57. The summed E-state index contributed by atoms with van der Waals surface area (Å²) in [5.41, 5.74) is -0.482. The Hall–Kier alpha value is -1.37. The molecule has 0 spiro atoms. The predicted octanol–water partition coefficient (Wildman–Crippen LogP) is 2.48. The predicted molar refractivity (Wildman–Crippen MR) is 77.2 cm³/mol. The van der Waals surface area contributed by atoms with Crippen molar-refractivity contribution >= 4 is 27.8 Å². The number of ether oxygens (including phenoxy) is 1. The quantitative estimate of drug-likeness (QED) is 0.829. The minimum absolute atomic E-state index is 0.424. The summed E-state index contributed by atoms with van der Waals surface area (Å²) < 4.78 is 5.91. The molecule has 1 aromatic rings. The van der Waals surface area contributed by atoms with Gasteiger partial charge in [0.25, 0.3) is 0 Å². The fourth-order valence-electron chi connectivity index (χ4n) is 1.24. The smallest absolute Gasteiger partial charge is 0.407 e. The lowest BCUT2D eigenvalue weighted by molar-refractivity contribution is 0.0530. The second-order valence-electron chi connectivity index (χ2n) is 4.97. The monoisotopic (exact) mass is 330 g/mol. The topological polar surface area (TPSA) is 76.1 Å². The summed E-state index contributed by atoms with van der Waals surface area (Å²) in [5, 5.41) is 5.76. The molecule has 0 saturated carbocycles. The molecule has 0 aromatic carbocycles. The maximum atomic E-state index is 11.4. The van der Waals surface area contributed by atoms with Gasteiger partial charge in [-0.1, -0.05) is 0 Å². The van der Waals surface area contributed by atoms with Crippen LogP contribution in [0.15, 0.2) is 10.7 Å². The van der Waals surface area contributed by atoms with Crippen LogP contribution in [0.2, 0.25) is 0 Å². The van der Waals surface area contributed by atoms with E-state index < -0.39 is 11.7 Å². The van der Waals surface area contributed by atoms with Crippen LogP contribution >= 0.6 is 15.9 Å². The first-order valence-electron chi connectivity index (χ1n) is 5.98. The van der Waals surface area contributed by atoms with Crippen LogP contribution in [0.1, 0.15) is 26.6 Å². The maximum Gasteiger partial charge on any atom is 0.407 e. The Morgan fingerprint density at radius 2 is 2.11 bits per heavy atom. The number of rotatable bonds is 4. The minimum atomic E-state index is -0.482. The van der Waals surface area contributed by atoms with Crippen molar-refractivity contribution in [3.63, 3.8) is 0 Å². The number of anilines is 1. The zero-order valence-corrected chi connectivity index (χ0v) is 13.2. The zero-order valence-electron chi connectivity index (χ0n) is 11.6.